The second-order valence-electron chi connectivity index (χ2n) is 7.42. The molecule has 0 unspecified atom stereocenters. The van der Waals surface area contributed by atoms with E-state index in [0.29, 0.717) is 25.4 Å². The smallest absolute Gasteiger partial charge is 0.246 e. The summed E-state index contributed by atoms with van der Waals surface area (Å²) in [5.74, 6) is 0.414. The Labute approximate surface area is 146 Å². The second-order valence-corrected chi connectivity index (χ2v) is 9.33. The summed E-state index contributed by atoms with van der Waals surface area (Å²) < 4.78 is 39.3. The topological polar surface area (TPSA) is 55.8 Å². The molecule has 6 heteroatoms. The predicted molar refractivity (Wildman–Crippen MR) is 95.1 cm³/mol. The molecule has 1 fully saturated rings. The molecule has 24 heavy (non-hydrogen) atoms. The summed E-state index contributed by atoms with van der Waals surface area (Å²) in [7, 11) is -3.64. The first kappa shape index (κ1) is 19.2. The summed E-state index contributed by atoms with van der Waals surface area (Å²) in [6.07, 6.45) is -0.241. The van der Waals surface area contributed by atoms with Gasteiger partial charge in [0.05, 0.1) is 18.8 Å². The molecule has 1 aromatic carbocycles. The molecule has 0 aliphatic carbocycles. The first-order valence-corrected chi connectivity index (χ1v) is 9.92. The molecular weight excluding hydrogens is 326 g/mol. The van der Waals surface area contributed by atoms with Gasteiger partial charge in [0.1, 0.15) is 10.6 Å². The van der Waals surface area contributed by atoms with Crippen LogP contribution in [-0.4, -0.2) is 44.6 Å². The summed E-state index contributed by atoms with van der Waals surface area (Å²) in [5, 5.41) is 0. The molecular formula is C18H29NO4S. The van der Waals surface area contributed by atoms with Gasteiger partial charge in [-0.1, -0.05) is 26.8 Å². The van der Waals surface area contributed by atoms with Crippen LogP contribution in [0, 0.1) is 0 Å². The Hall–Kier alpha value is -1.11. The number of morpholine rings is 1. The molecule has 0 amide bonds. The lowest BCUT2D eigenvalue weighted by molar-refractivity contribution is -0.0441. The minimum Gasteiger partial charge on any atom is -0.492 e. The van der Waals surface area contributed by atoms with Crippen LogP contribution < -0.4 is 4.74 Å². The fraction of sp³-hybridized carbons (Fsp3) is 0.667. The Morgan fingerprint density at radius 2 is 1.79 bits per heavy atom. The van der Waals surface area contributed by atoms with E-state index < -0.39 is 10.0 Å². The summed E-state index contributed by atoms with van der Waals surface area (Å²) in [6, 6.07) is 5.46. The highest BCUT2D eigenvalue weighted by Gasteiger charge is 2.34. The fourth-order valence-corrected chi connectivity index (χ4v) is 4.66. The zero-order valence-electron chi connectivity index (χ0n) is 15.5. The van der Waals surface area contributed by atoms with Crippen LogP contribution in [0.2, 0.25) is 0 Å². The van der Waals surface area contributed by atoms with E-state index in [2.05, 4.69) is 20.8 Å². The van der Waals surface area contributed by atoms with Crippen molar-refractivity contribution in [3.63, 3.8) is 0 Å². The molecule has 5 nitrogen and oxygen atoms in total. The monoisotopic (exact) mass is 355 g/mol. The van der Waals surface area contributed by atoms with E-state index in [0.717, 1.165) is 5.56 Å². The van der Waals surface area contributed by atoms with E-state index in [1.807, 2.05) is 26.8 Å². The number of benzene rings is 1. The van der Waals surface area contributed by atoms with Crippen LogP contribution in [0.3, 0.4) is 0 Å². The van der Waals surface area contributed by atoms with Crippen molar-refractivity contribution in [1.82, 2.24) is 4.31 Å². The Bertz CT molecular complexity index is 669. The molecule has 0 spiro atoms. The molecule has 0 N–H and O–H groups in total. The third-order valence-corrected chi connectivity index (χ3v) is 5.97. The predicted octanol–water partition coefficient (Wildman–Crippen LogP) is 3.18. The summed E-state index contributed by atoms with van der Waals surface area (Å²) in [6.45, 7) is 13.0. The molecule has 1 heterocycles. The van der Waals surface area contributed by atoms with E-state index in [4.69, 9.17) is 9.47 Å². The maximum absolute atomic E-state index is 13.2. The van der Waals surface area contributed by atoms with Crippen molar-refractivity contribution in [1.29, 1.82) is 0 Å². The fourth-order valence-electron chi connectivity index (χ4n) is 2.92. The molecule has 0 bridgehead atoms. The van der Waals surface area contributed by atoms with Crippen molar-refractivity contribution in [2.75, 3.05) is 19.7 Å². The molecule has 0 radical (unpaired) electrons. The average molecular weight is 356 g/mol. The normalized spacial score (nSPS) is 23.2. The van der Waals surface area contributed by atoms with Gasteiger partial charge in [-0.05, 0) is 43.9 Å². The molecule has 0 saturated carbocycles. The third kappa shape index (κ3) is 4.10. The van der Waals surface area contributed by atoms with Crippen LogP contribution in [0.1, 0.15) is 47.1 Å². The lowest BCUT2D eigenvalue weighted by Gasteiger charge is -2.35. The maximum Gasteiger partial charge on any atom is 0.246 e. The first-order chi connectivity index (χ1) is 11.1. The number of rotatable bonds is 4. The molecule has 136 valence electrons. The van der Waals surface area contributed by atoms with Crippen molar-refractivity contribution in [3.8, 4) is 5.75 Å². The van der Waals surface area contributed by atoms with Crippen molar-refractivity contribution in [2.24, 2.45) is 0 Å². The highest BCUT2D eigenvalue weighted by molar-refractivity contribution is 7.89. The number of hydrogen-bond donors (Lipinski definition) is 0. The molecule has 0 aromatic heterocycles. The van der Waals surface area contributed by atoms with Gasteiger partial charge in [-0.25, -0.2) is 8.42 Å². The highest BCUT2D eigenvalue weighted by atomic mass is 32.2. The van der Waals surface area contributed by atoms with Gasteiger partial charge in [-0.15, -0.1) is 0 Å². The zero-order chi connectivity index (χ0) is 18.1. The minimum atomic E-state index is -3.64. The maximum atomic E-state index is 13.2. The Morgan fingerprint density at radius 3 is 2.29 bits per heavy atom. The largest absolute Gasteiger partial charge is 0.492 e. The van der Waals surface area contributed by atoms with Gasteiger partial charge in [0.25, 0.3) is 0 Å². The molecule has 1 aliphatic rings. The third-order valence-electron chi connectivity index (χ3n) is 4.11. The second kappa shape index (κ2) is 7.02. The highest BCUT2D eigenvalue weighted by Crippen LogP contribution is 2.33. The van der Waals surface area contributed by atoms with Crippen LogP contribution in [0.4, 0.5) is 0 Å². The van der Waals surface area contributed by atoms with Crippen LogP contribution in [0.25, 0.3) is 0 Å². The summed E-state index contributed by atoms with van der Waals surface area (Å²) in [5.41, 5.74) is 0.833. The quantitative estimate of drug-likeness (QED) is 0.832. The molecule has 1 aliphatic heterocycles. The zero-order valence-corrected chi connectivity index (χ0v) is 16.3. The molecule has 1 saturated heterocycles. The standard InChI is InChI=1S/C18H29NO4S/c1-7-22-16-9-8-15(18(4,5)6)10-17(16)24(20,21)19-11-13(2)23-14(3)12-19/h8-10,13-14H,7,11-12H2,1-6H3/t13-,14-/m1/s1. The molecule has 2 atom stereocenters. The van der Waals surface area contributed by atoms with E-state index in [1.165, 1.54) is 4.31 Å². The number of hydrogen-bond acceptors (Lipinski definition) is 4. The first-order valence-electron chi connectivity index (χ1n) is 8.48. The van der Waals surface area contributed by atoms with Gasteiger partial charge in [0, 0.05) is 13.1 Å². The van der Waals surface area contributed by atoms with Crippen LogP contribution in [0.5, 0.6) is 5.75 Å². The lowest BCUT2D eigenvalue weighted by atomic mass is 9.87. The minimum absolute atomic E-state index is 0.120. The SMILES string of the molecule is CCOc1ccc(C(C)(C)C)cc1S(=O)(=O)N1C[C@@H](C)O[C@H](C)C1. The van der Waals surface area contributed by atoms with Gasteiger partial charge >= 0.3 is 0 Å². The van der Waals surface area contributed by atoms with Gasteiger partial charge in [-0.2, -0.15) is 4.31 Å². The summed E-state index contributed by atoms with van der Waals surface area (Å²) >= 11 is 0. The van der Waals surface area contributed by atoms with Crippen LogP contribution >= 0.6 is 0 Å². The van der Waals surface area contributed by atoms with E-state index in [9.17, 15) is 8.42 Å². The van der Waals surface area contributed by atoms with Gasteiger partial charge in [0.2, 0.25) is 10.0 Å². The molecule has 2 rings (SSSR count). The van der Waals surface area contributed by atoms with Crippen molar-refractivity contribution >= 4 is 10.0 Å². The Morgan fingerprint density at radius 1 is 1.21 bits per heavy atom. The van der Waals surface area contributed by atoms with Crippen LogP contribution in [-0.2, 0) is 20.2 Å². The van der Waals surface area contributed by atoms with Gasteiger partial charge < -0.3 is 9.47 Å². The average Bonchev–Trinajstić information content (AvgIpc) is 2.45. The number of nitrogens with zero attached hydrogens (tertiary/aromatic N) is 1. The van der Waals surface area contributed by atoms with Gasteiger partial charge in [-0.3, -0.25) is 0 Å². The number of ether oxygens (including phenoxy) is 2. The van der Waals surface area contributed by atoms with Gasteiger partial charge in [0.15, 0.2) is 0 Å². The van der Waals surface area contributed by atoms with Crippen molar-refractivity contribution in [2.45, 2.75) is 64.1 Å². The molecule has 1 aromatic rings. The van der Waals surface area contributed by atoms with Crippen LogP contribution in [0.15, 0.2) is 23.1 Å². The Balaban J connectivity index is 2.50. The van der Waals surface area contributed by atoms with Crippen molar-refractivity contribution < 1.29 is 17.9 Å². The Kier molecular flexibility index (Phi) is 5.62. The summed E-state index contributed by atoms with van der Waals surface area (Å²) in [4.78, 5) is 0.248. The number of sulfonamides is 1. The van der Waals surface area contributed by atoms with Crippen molar-refractivity contribution in [3.05, 3.63) is 23.8 Å². The lowest BCUT2D eigenvalue weighted by Crippen LogP contribution is -2.48. The van der Waals surface area contributed by atoms with E-state index >= 15 is 0 Å². The van der Waals surface area contributed by atoms with E-state index in [-0.39, 0.29) is 22.5 Å². The van der Waals surface area contributed by atoms with E-state index in [1.54, 1.807) is 12.1 Å².